The Morgan fingerprint density at radius 1 is 0.857 bits per heavy atom. The summed E-state index contributed by atoms with van der Waals surface area (Å²) in [6.45, 7) is 16.1. The molecule has 0 radical (unpaired) electrons. The van der Waals surface area contributed by atoms with Crippen LogP contribution in [-0.2, 0) is 39.9 Å². The summed E-state index contributed by atoms with van der Waals surface area (Å²) in [4.78, 5) is 105. The standard InChI is InChI=1S/C41H59N7O8/c1-10-15-28(34(49)38(53)45-29(40(55)56-41(7,8)9)22-26-16-13-12-14-17-26)44-37(52)33-27(11-2)18-21-48(33)39(54)32(25(5)6)47-36(51)31(24(3)4)46-35(50)30-23-42-19-20-43-30/h12-14,16-17,19-20,23-25,27-29,31-33H,10-11,15,18,21-22H2,1-9H3,(H,44,52)(H,45,53)(H,46,50)(H,47,51)/t27?,28?,29-,31-,32-,33-/m0/s1. The summed E-state index contributed by atoms with van der Waals surface area (Å²) < 4.78 is 5.55. The second-order valence-corrected chi connectivity index (χ2v) is 15.9. The summed E-state index contributed by atoms with van der Waals surface area (Å²) in [5, 5.41) is 10.8. The summed E-state index contributed by atoms with van der Waals surface area (Å²) >= 11 is 0. The highest BCUT2D eigenvalue weighted by Gasteiger charge is 2.45. The van der Waals surface area contributed by atoms with Gasteiger partial charge in [0.15, 0.2) is 0 Å². The molecule has 1 fully saturated rings. The number of hydrogen-bond donors (Lipinski definition) is 4. The van der Waals surface area contributed by atoms with Crippen molar-refractivity contribution in [1.29, 1.82) is 0 Å². The Kier molecular flexibility index (Phi) is 16.6. The van der Waals surface area contributed by atoms with Crippen LogP contribution in [0, 0.1) is 17.8 Å². The quantitative estimate of drug-likeness (QED) is 0.129. The Morgan fingerprint density at radius 3 is 2.07 bits per heavy atom. The molecule has 1 aromatic carbocycles. The molecule has 5 amide bonds. The van der Waals surface area contributed by atoms with E-state index in [0.29, 0.717) is 19.3 Å². The highest BCUT2D eigenvalue weighted by molar-refractivity contribution is 6.38. The van der Waals surface area contributed by atoms with Crippen molar-refractivity contribution < 1.29 is 38.3 Å². The molecule has 56 heavy (non-hydrogen) atoms. The molecule has 0 bridgehead atoms. The second-order valence-electron chi connectivity index (χ2n) is 15.9. The number of ketones is 1. The predicted molar refractivity (Wildman–Crippen MR) is 209 cm³/mol. The maximum Gasteiger partial charge on any atom is 0.329 e. The minimum Gasteiger partial charge on any atom is -0.458 e. The van der Waals surface area contributed by atoms with Gasteiger partial charge < -0.3 is 30.9 Å². The van der Waals surface area contributed by atoms with Crippen LogP contribution in [0.2, 0.25) is 0 Å². The van der Waals surface area contributed by atoms with Crippen LogP contribution in [0.1, 0.15) is 104 Å². The lowest BCUT2D eigenvalue weighted by Gasteiger charge is -2.33. The van der Waals surface area contributed by atoms with Gasteiger partial charge in [-0.15, -0.1) is 0 Å². The number of hydrogen-bond acceptors (Lipinski definition) is 10. The van der Waals surface area contributed by atoms with E-state index in [1.54, 1.807) is 79.7 Å². The molecular formula is C41H59N7O8. The highest BCUT2D eigenvalue weighted by atomic mass is 16.6. The van der Waals surface area contributed by atoms with E-state index in [4.69, 9.17) is 4.74 Å². The van der Waals surface area contributed by atoms with Gasteiger partial charge in [-0.25, -0.2) is 9.78 Å². The van der Waals surface area contributed by atoms with Gasteiger partial charge in [-0.3, -0.25) is 33.8 Å². The zero-order valence-electron chi connectivity index (χ0n) is 34.1. The normalized spacial score (nSPS) is 17.7. The summed E-state index contributed by atoms with van der Waals surface area (Å²) in [5.74, 6) is -5.94. The first-order valence-electron chi connectivity index (χ1n) is 19.5. The molecule has 1 aliphatic rings. The molecule has 306 valence electrons. The maximum atomic E-state index is 14.3. The molecule has 15 nitrogen and oxygen atoms in total. The Morgan fingerprint density at radius 2 is 1.52 bits per heavy atom. The summed E-state index contributed by atoms with van der Waals surface area (Å²) in [5.41, 5.74) is -0.0682. The molecule has 6 atom stereocenters. The summed E-state index contributed by atoms with van der Waals surface area (Å²) in [6, 6.07) is 3.57. The second kappa shape index (κ2) is 20.6. The van der Waals surface area contributed by atoms with Crippen LogP contribution >= 0.6 is 0 Å². The number of amides is 5. The number of ether oxygens (including phenoxy) is 1. The van der Waals surface area contributed by atoms with Crippen LogP contribution in [0.4, 0.5) is 0 Å². The van der Waals surface area contributed by atoms with Crippen molar-refractivity contribution in [2.75, 3.05) is 6.54 Å². The number of aromatic nitrogens is 2. The van der Waals surface area contributed by atoms with Crippen LogP contribution in [0.15, 0.2) is 48.9 Å². The lowest BCUT2D eigenvalue weighted by molar-refractivity contribution is -0.159. The molecule has 2 heterocycles. The molecule has 1 aromatic heterocycles. The number of carbonyl (C=O) groups excluding carboxylic acids is 7. The van der Waals surface area contributed by atoms with E-state index in [2.05, 4.69) is 31.2 Å². The van der Waals surface area contributed by atoms with Gasteiger partial charge in [0.1, 0.15) is 35.5 Å². The molecule has 3 rings (SSSR count). The molecule has 1 aliphatic heterocycles. The number of esters is 1. The fourth-order valence-electron chi connectivity index (χ4n) is 6.61. The van der Waals surface area contributed by atoms with E-state index < -0.39 is 83.0 Å². The van der Waals surface area contributed by atoms with Gasteiger partial charge in [0.25, 0.3) is 11.8 Å². The van der Waals surface area contributed by atoms with E-state index in [1.807, 2.05) is 13.0 Å². The third-order valence-corrected chi connectivity index (χ3v) is 9.57. The number of nitrogens with zero attached hydrogens (tertiary/aromatic N) is 3. The Balaban J connectivity index is 1.80. The van der Waals surface area contributed by atoms with E-state index in [1.165, 1.54) is 23.5 Å². The van der Waals surface area contributed by atoms with Gasteiger partial charge in [0, 0.05) is 25.4 Å². The van der Waals surface area contributed by atoms with Crippen molar-refractivity contribution in [2.24, 2.45) is 17.8 Å². The Hall–Kier alpha value is -5.21. The van der Waals surface area contributed by atoms with Crippen molar-refractivity contribution in [3.05, 3.63) is 60.2 Å². The Labute approximate surface area is 329 Å². The van der Waals surface area contributed by atoms with Gasteiger partial charge in [0.2, 0.25) is 23.5 Å². The molecule has 2 aromatic rings. The topological polar surface area (TPSA) is 206 Å². The molecular weight excluding hydrogens is 718 g/mol. The van der Waals surface area contributed by atoms with Gasteiger partial charge in [-0.05, 0) is 56.9 Å². The lowest BCUT2D eigenvalue weighted by Crippen LogP contribution is -2.60. The first-order valence-corrected chi connectivity index (χ1v) is 19.5. The monoisotopic (exact) mass is 777 g/mol. The van der Waals surface area contributed by atoms with Crippen molar-refractivity contribution in [3.8, 4) is 0 Å². The van der Waals surface area contributed by atoms with E-state index in [9.17, 15) is 33.6 Å². The molecule has 0 saturated carbocycles. The van der Waals surface area contributed by atoms with Gasteiger partial charge in [-0.2, -0.15) is 0 Å². The van der Waals surface area contributed by atoms with Gasteiger partial charge >= 0.3 is 5.97 Å². The third kappa shape index (κ3) is 12.7. The lowest BCUT2D eigenvalue weighted by atomic mass is 9.94. The van der Waals surface area contributed by atoms with Gasteiger partial charge in [0.05, 0.1) is 12.2 Å². The van der Waals surface area contributed by atoms with Crippen molar-refractivity contribution in [2.45, 2.75) is 130 Å². The maximum absolute atomic E-state index is 14.3. The first-order chi connectivity index (χ1) is 26.4. The van der Waals surface area contributed by atoms with Crippen LogP contribution < -0.4 is 21.3 Å². The SMILES string of the molecule is CCCC(NC(=O)[C@@H]1C(CC)CCN1C(=O)[C@@H](NC(=O)[C@@H](NC(=O)c1cnccn1)C(C)C)C(C)C)C(=O)C(=O)N[C@@H](Cc1ccccc1)C(=O)OC(C)(C)C. The third-order valence-electron chi connectivity index (χ3n) is 9.57. The Bertz CT molecular complexity index is 1680. The average molecular weight is 778 g/mol. The smallest absolute Gasteiger partial charge is 0.329 e. The fourth-order valence-corrected chi connectivity index (χ4v) is 6.61. The summed E-state index contributed by atoms with van der Waals surface area (Å²) in [7, 11) is 0. The fraction of sp³-hybridized carbons (Fsp3) is 0.585. The molecule has 15 heteroatoms. The predicted octanol–water partition coefficient (Wildman–Crippen LogP) is 2.92. The largest absolute Gasteiger partial charge is 0.458 e. The summed E-state index contributed by atoms with van der Waals surface area (Å²) in [6.07, 6.45) is 5.78. The zero-order chi connectivity index (χ0) is 41.7. The van der Waals surface area contributed by atoms with Crippen molar-refractivity contribution in [3.63, 3.8) is 0 Å². The molecule has 1 saturated heterocycles. The number of benzene rings is 1. The van der Waals surface area contributed by atoms with E-state index in [-0.39, 0.29) is 36.9 Å². The minimum absolute atomic E-state index is 0.0337. The number of nitrogens with one attached hydrogen (secondary N) is 4. The minimum atomic E-state index is -1.23. The highest BCUT2D eigenvalue weighted by Crippen LogP contribution is 2.29. The molecule has 0 aliphatic carbocycles. The number of Topliss-reactive ketones (excluding diaryl/α,β-unsaturated/α-hetero) is 1. The van der Waals surface area contributed by atoms with Crippen molar-refractivity contribution in [1.82, 2.24) is 36.1 Å². The van der Waals surface area contributed by atoms with E-state index in [0.717, 1.165) is 5.56 Å². The number of likely N-dealkylation sites (tertiary alicyclic amines) is 1. The van der Waals surface area contributed by atoms with Crippen LogP contribution in [0.25, 0.3) is 0 Å². The van der Waals surface area contributed by atoms with Crippen LogP contribution in [0.3, 0.4) is 0 Å². The van der Waals surface area contributed by atoms with Crippen LogP contribution in [-0.4, -0.2) is 98.5 Å². The number of carbonyl (C=O) groups is 7. The van der Waals surface area contributed by atoms with Gasteiger partial charge in [-0.1, -0.05) is 84.7 Å². The molecule has 0 spiro atoms. The van der Waals surface area contributed by atoms with Crippen molar-refractivity contribution >= 4 is 41.3 Å². The number of rotatable bonds is 18. The first kappa shape index (κ1) is 45.2. The van der Waals surface area contributed by atoms with E-state index >= 15 is 0 Å². The molecule has 2 unspecified atom stereocenters. The average Bonchev–Trinajstić information content (AvgIpc) is 3.59. The van der Waals surface area contributed by atoms with Crippen LogP contribution in [0.5, 0.6) is 0 Å². The zero-order valence-corrected chi connectivity index (χ0v) is 34.1. The molecule has 4 N–H and O–H groups in total.